The van der Waals surface area contributed by atoms with Gasteiger partial charge in [0.15, 0.2) is 5.84 Å². The number of carbonyl (C=O) groups is 2. The molecule has 38 heavy (non-hydrogen) atoms. The van der Waals surface area contributed by atoms with Crippen LogP contribution in [0.15, 0.2) is 58.9 Å². The van der Waals surface area contributed by atoms with E-state index in [0.717, 1.165) is 4.90 Å². The molecule has 2 aliphatic heterocycles. The number of nitrogens with one attached hydrogen (secondary N) is 1. The SMILES string of the molecule is CCOC(=O)C1=C(CN2CCN(C(=O)C(F)(F)F)CC2)NC(c2ccccn2)=NC1c1ccc(Cl)cc1Cl. The standard InChI is InChI=1S/C25H24Cl2F3N5O3/c1-2-38-23(36)20-19(14-34-9-11-35(12-10-34)24(37)25(28,29)30)32-22(18-5-3-4-8-31-18)33-21(20)16-7-6-15(26)13-17(16)27/h3-8,13,21H,2,9-12,14H2,1H3,(H,32,33). The molecular weight excluding hydrogens is 546 g/mol. The summed E-state index contributed by atoms with van der Waals surface area (Å²) in [5.41, 5.74) is 1.70. The summed E-state index contributed by atoms with van der Waals surface area (Å²) < 4.78 is 44.0. The number of aromatic nitrogens is 1. The molecule has 1 amide bonds. The van der Waals surface area contributed by atoms with E-state index in [2.05, 4.69) is 10.3 Å². The van der Waals surface area contributed by atoms with Crippen molar-refractivity contribution >= 4 is 40.9 Å². The maximum Gasteiger partial charge on any atom is 0.471 e. The van der Waals surface area contributed by atoms with Crippen molar-refractivity contribution in [3.8, 4) is 0 Å². The van der Waals surface area contributed by atoms with Gasteiger partial charge in [0, 0.05) is 60.2 Å². The van der Waals surface area contributed by atoms with Gasteiger partial charge in [-0.25, -0.2) is 4.79 Å². The molecule has 202 valence electrons. The molecule has 8 nitrogen and oxygen atoms in total. The summed E-state index contributed by atoms with van der Waals surface area (Å²) in [4.78, 5) is 36.6. The van der Waals surface area contributed by atoms with Gasteiger partial charge in [0.05, 0.1) is 12.2 Å². The molecule has 1 N–H and O–H groups in total. The first-order valence-electron chi connectivity index (χ1n) is 11.8. The Hall–Kier alpha value is -3.15. The van der Waals surface area contributed by atoms with Gasteiger partial charge < -0.3 is 15.0 Å². The Morgan fingerprint density at radius 2 is 1.87 bits per heavy atom. The second-order valence-corrected chi connectivity index (χ2v) is 9.41. The topological polar surface area (TPSA) is 87.1 Å². The summed E-state index contributed by atoms with van der Waals surface area (Å²) in [6.07, 6.45) is -3.32. The third-order valence-electron chi connectivity index (χ3n) is 6.07. The number of rotatable bonds is 6. The Bertz CT molecular complexity index is 1260. The van der Waals surface area contributed by atoms with Gasteiger partial charge in [-0.3, -0.25) is 19.7 Å². The molecule has 0 bridgehead atoms. The predicted octanol–water partition coefficient (Wildman–Crippen LogP) is 4.00. The van der Waals surface area contributed by atoms with Gasteiger partial charge >= 0.3 is 18.1 Å². The molecule has 1 saturated heterocycles. The summed E-state index contributed by atoms with van der Waals surface area (Å²) in [6.45, 7) is 2.10. The Kier molecular flexibility index (Phi) is 8.59. The number of nitrogens with zero attached hydrogens (tertiary/aromatic N) is 4. The number of esters is 1. The number of hydrogen-bond acceptors (Lipinski definition) is 7. The smallest absolute Gasteiger partial charge is 0.463 e. The fraction of sp³-hybridized carbons (Fsp3) is 0.360. The normalized spacial score (nSPS) is 18.6. The van der Waals surface area contributed by atoms with Crippen molar-refractivity contribution in [2.45, 2.75) is 19.1 Å². The van der Waals surface area contributed by atoms with Crippen LogP contribution in [-0.4, -0.2) is 78.0 Å². The monoisotopic (exact) mass is 569 g/mol. The summed E-state index contributed by atoms with van der Waals surface area (Å²) in [7, 11) is 0. The number of benzene rings is 1. The van der Waals surface area contributed by atoms with Crippen molar-refractivity contribution in [3.05, 3.63) is 75.2 Å². The number of halogens is 5. The predicted molar refractivity (Wildman–Crippen MR) is 136 cm³/mol. The number of amides is 1. The van der Waals surface area contributed by atoms with E-state index in [0.29, 0.717) is 32.8 Å². The zero-order valence-corrected chi connectivity index (χ0v) is 21.8. The van der Waals surface area contributed by atoms with Crippen LogP contribution in [0.2, 0.25) is 10.0 Å². The molecule has 1 unspecified atom stereocenters. The lowest BCUT2D eigenvalue weighted by atomic mass is 9.95. The second-order valence-electron chi connectivity index (χ2n) is 8.56. The zero-order valence-electron chi connectivity index (χ0n) is 20.3. The highest BCUT2D eigenvalue weighted by Gasteiger charge is 2.43. The van der Waals surface area contributed by atoms with E-state index in [4.69, 9.17) is 32.9 Å². The van der Waals surface area contributed by atoms with Crippen LogP contribution in [0.25, 0.3) is 0 Å². The van der Waals surface area contributed by atoms with Crippen LogP contribution < -0.4 is 5.32 Å². The van der Waals surface area contributed by atoms with Crippen molar-refractivity contribution in [2.75, 3.05) is 39.3 Å². The number of carbonyl (C=O) groups excluding carboxylic acids is 2. The largest absolute Gasteiger partial charge is 0.471 e. The van der Waals surface area contributed by atoms with Crippen LogP contribution in [0.5, 0.6) is 0 Å². The number of hydrogen-bond donors (Lipinski definition) is 1. The first-order valence-corrected chi connectivity index (χ1v) is 12.5. The van der Waals surface area contributed by atoms with Crippen LogP contribution in [-0.2, 0) is 14.3 Å². The minimum Gasteiger partial charge on any atom is -0.463 e. The molecular formula is C25H24Cl2F3N5O3. The number of pyridine rings is 1. The van der Waals surface area contributed by atoms with Crippen LogP contribution in [0, 0.1) is 0 Å². The molecule has 1 fully saturated rings. The zero-order chi connectivity index (χ0) is 27.4. The first kappa shape index (κ1) is 27.9. The Labute approximate surface area is 227 Å². The lowest BCUT2D eigenvalue weighted by Crippen LogP contribution is -2.53. The van der Waals surface area contributed by atoms with Gasteiger partial charge in [-0.2, -0.15) is 13.2 Å². The molecule has 0 spiro atoms. The fourth-order valence-electron chi connectivity index (χ4n) is 4.26. The molecule has 4 rings (SSSR count). The quantitative estimate of drug-likeness (QED) is 0.529. The number of aliphatic imine (C=N–C) groups is 1. The van der Waals surface area contributed by atoms with E-state index in [1.807, 2.05) is 4.90 Å². The molecule has 1 aromatic carbocycles. The number of ether oxygens (including phenoxy) is 1. The fourth-order valence-corrected chi connectivity index (χ4v) is 4.77. The highest BCUT2D eigenvalue weighted by Crippen LogP contribution is 2.37. The molecule has 1 aromatic heterocycles. The average Bonchev–Trinajstić information content (AvgIpc) is 2.88. The van der Waals surface area contributed by atoms with Gasteiger partial charge in [0.1, 0.15) is 11.7 Å². The maximum atomic E-state index is 13.2. The lowest BCUT2D eigenvalue weighted by molar-refractivity contribution is -0.186. The third kappa shape index (κ3) is 6.28. The molecule has 13 heteroatoms. The van der Waals surface area contributed by atoms with Crippen LogP contribution in [0.1, 0.15) is 24.2 Å². The highest BCUT2D eigenvalue weighted by atomic mass is 35.5. The summed E-state index contributed by atoms with van der Waals surface area (Å²) in [5.74, 6) is -2.09. The molecule has 2 aliphatic rings. The minimum atomic E-state index is -4.92. The van der Waals surface area contributed by atoms with Gasteiger partial charge in [-0.15, -0.1) is 0 Å². The summed E-state index contributed by atoms with van der Waals surface area (Å²) >= 11 is 12.6. The van der Waals surface area contributed by atoms with E-state index >= 15 is 0 Å². The van der Waals surface area contributed by atoms with E-state index in [9.17, 15) is 22.8 Å². The molecule has 1 atom stereocenters. The van der Waals surface area contributed by atoms with Crippen LogP contribution >= 0.6 is 23.2 Å². The third-order valence-corrected chi connectivity index (χ3v) is 6.63. The van der Waals surface area contributed by atoms with E-state index in [1.165, 1.54) is 0 Å². The Morgan fingerprint density at radius 1 is 1.13 bits per heavy atom. The number of amidine groups is 1. The summed E-state index contributed by atoms with van der Waals surface area (Å²) in [5, 5.41) is 3.90. The van der Waals surface area contributed by atoms with E-state index in [-0.39, 0.29) is 44.9 Å². The van der Waals surface area contributed by atoms with Crippen LogP contribution in [0.3, 0.4) is 0 Å². The van der Waals surface area contributed by atoms with Crippen molar-refractivity contribution in [3.63, 3.8) is 0 Å². The van der Waals surface area contributed by atoms with Gasteiger partial charge in [0.25, 0.3) is 0 Å². The molecule has 3 heterocycles. The molecule has 0 aliphatic carbocycles. The van der Waals surface area contributed by atoms with Crippen molar-refractivity contribution in [2.24, 2.45) is 4.99 Å². The molecule has 2 aromatic rings. The summed E-state index contributed by atoms with van der Waals surface area (Å²) in [6, 6.07) is 9.30. The molecule has 0 radical (unpaired) electrons. The number of alkyl halides is 3. The number of piperazine rings is 1. The average molecular weight is 570 g/mol. The van der Waals surface area contributed by atoms with E-state index in [1.54, 1.807) is 49.5 Å². The lowest BCUT2D eigenvalue weighted by Gasteiger charge is -2.37. The van der Waals surface area contributed by atoms with Crippen molar-refractivity contribution in [1.29, 1.82) is 0 Å². The second kappa shape index (κ2) is 11.7. The highest BCUT2D eigenvalue weighted by molar-refractivity contribution is 6.35. The van der Waals surface area contributed by atoms with Crippen molar-refractivity contribution < 1.29 is 27.5 Å². The van der Waals surface area contributed by atoms with E-state index < -0.39 is 24.1 Å². The maximum absolute atomic E-state index is 13.2. The van der Waals surface area contributed by atoms with Crippen LogP contribution in [0.4, 0.5) is 13.2 Å². The molecule has 0 saturated carbocycles. The van der Waals surface area contributed by atoms with Crippen molar-refractivity contribution in [1.82, 2.24) is 20.1 Å². The Morgan fingerprint density at radius 3 is 2.47 bits per heavy atom. The van der Waals surface area contributed by atoms with Gasteiger partial charge in [-0.05, 0) is 31.2 Å². The minimum absolute atomic E-state index is 0.103. The van der Waals surface area contributed by atoms with Gasteiger partial charge in [-0.1, -0.05) is 35.3 Å². The Balaban J connectivity index is 1.70. The van der Waals surface area contributed by atoms with Gasteiger partial charge in [0.2, 0.25) is 0 Å². The first-order chi connectivity index (χ1) is 18.1.